The van der Waals surface area contributed by atoms with Gasteiger partial charge in [-0.3, -0.25) is 9.59 Å². The van der Waals surface area contributed by atoms with E-state index < -0.39 is 17.6 Å². The lowest BCUT2D eigenvalue weighted by molar-refractivity contribution is -0.137. The number of hydrogen-bond acceptors (Lipinski definition) is 6. The molecule has 1 aromatic carbocycles. The van der Waals surface area contributed by atoms with Crippen LogP contribution in [-0.4, -0.2) is 49.9 Å². The molecule has 2 N–H and O–H groups in total. The highest BCUT2D eigenvalue weighted by molar-refractivity contribution is 6.33. The zero-order chi connectivity index (χ0) is 30.4. The first-order chi connectivity index (χ1) is 19.8. The van der Waals surface area contributed by atoms with Crippen molar-refractivity contribution < 1.29 is 22.7 Å². The van der Waals surface area contributed by atoms with Gasteiger partial charge in [-0.15, -0.1) is 5.10 Å². The van der Waals surface area contributed by atoms with Crippen LogP contribution in [0, 0.1) is 0 Å². The lowest BCUT2D eigenvalue weighted by Gasteiger charge is -2.17. The first-order valence-corrected chi connectivity index (χ1v) is 14.1. The van der Waals surface area contributed by atoms with Gasteiger partial charge in [-0.2, -0.15) is 22.7 Å². The lowest BCUT2D eigenvalue weighted by atomic mass is 9.99. The summed E-state index contributed by atoms with van der Waals surface area (Å²) in [5, 5.41) is 10.3. The Kier molecular flexibility index (Phi) is 8.08. The molecule has 5 rings (SSSR count). The van der Waals surface area contributed by atoms with Gasteiger partial charge in [0.05, 0.1) is 34.5 Å². The fraction of sp³-hybridized carbons (Fsp3) is 0.448. The number of nitrogens with zero attached hydrogens (tertiary/aromatic N) is 4. The van der Waals surface area contributed by atoms with Crippen molar-refractivity contribution in [2.45, 2.75) is 71.3 Å². The van der Waals surface area contributed by atoms with E-state index in [9.17, 15) is 22.8 Å². The number of hydrogen-bond donors (Lipinski definition) is 2. The molecule has 13 heteroatoms. The number of carbonyl (C=O) groups is 1. The van der Waals surface area contributed by atoms with Gasteiger partial charge in [0, 0.05) is 17.8 Å². The molecule has 2 aromatic heterocycles. The van der Waals surface area contributed by atoms with Crippen molar-refractivity contribution in [1.29, 1.82) is 0 Å². The predicted octanol–water partition coefficient (Wildman–Crippen LogP) is 5.11. The fourth-order valence-corrected chi connectivity index (χ4v) is 5.61. The van der Waals surface area contributed by atoms with E-state index >= 15 is 0 Å². The van der Waals surface area contributed by atoms with Crippen LogP contribution in [0.1, 0.15) is 63.2 Å². The zero-order valence-electron chi connectivity index (χ0n) is 23.7. The summed E-state index contributed by atoms with van der Waals surface area (Å²) in [5.41, 5.74) is 1.53. The third-order valence-electron chi connectivity index (χ3n) is 7.38. The molecule has 4 heterocycles. The molecule has 3 aromatic rings. The quantitative estimate of drug-likeness (QED) is 0.405. The van der Waals surface area contributed by atoms with Crippen LogP contribution in [0.25, 0.3) is 17.4 Å². The van der Waals surface area contributed by atoms with E-state index in [1.807, 2.05) is 26.0 Å². The fourth-order valence-electron chi connectivity index (χ4n) is 5.38. The minimum absolute atomic E-state index is 0.0369. The smallest absolute Gasteiger partial charge is 0.374 e. The van der Waals surface area contributed by atoms with Crippen LogP contribution in [0.4, 0.5) is 18.9 Å². The number of ether oxygens (including phenoxy) is 1. The Labute approximate surface area is 245 Å². The van der Waals surface area contributed by atoms with Crippen LogP contribution < -0.4 is 16.2 Å². The summed E-state index contributed by atoms with van der Waals surface area (Å²) < 4.78 is 47.7. The highest BCUT2D eigenvalue weighted by atomic mass is 35.5. The third kappa shape index (κ3) is 6.16. The van der Waals surface area contributed by atoms with E-state index in [0.717, 1.165) is 35.8 Å². The van der Waals surface area contributed by atoms with Crippen LogP contribution in [-0.2, 0) is 28.7 Å². The van der Waals surface area contributed by atoms with Gasteiger partial charge in [0.15, 0.2) is 5.82 Å². The molecule has 224 valence electrons. The van der Waals surface area contributed by atoms with E-state index in [4.69, 9.17) is 16.3 Å². The summed E-state index contributed by atoms with van der Waals surface area (Å²) in [7, 11) is 0. The SMILES string of the molecule is CCc1c(/C=C2/CNC(C)(C)C2)c(=O)n2nc(C3=CC(C)OCC3)nc2n1CC(=O)Nc1ccc(C(F)(F)F)cc1Cl. The Hall–Kier alpha value is -3.48. The molecule has 42 heavy (non-hydrogen) atoms. The highest BCUT2D eigenvalue weighted by Gasteiger charge is 2.31. The first kappa shape index (κ1) is 30.0. The molecule has 9 nitrogen and oxygen atoms in total. The van der Waals surface area contributed by atoms with Crippen LogP contribution in [0.5, 0.6) is 0 Å². The van der Waals surface area contributed by atoms with Crippen molar-refractivity contribution in [3.8, 4) is 0 Å². The summed E-state index contributed by atoms with van der Waals surface area (Å²) in [6.45, 7) is 8.78. The van der Waals surface area contributed by atoms with Crippen molar-refractivity contribution in [2.24, 2.45) is 0 Å². The number of halogens is 4. The van der Waals surface area contributed by atoms with E-state index in [-0.39, 0.29) is 40.2 Å². The van der Waals surface area contributed by atoms with Gasteiger partial charge < -0.3 is 19.9 Å². The van der Waals surface area contributed by atoms with E-state index in [0.29, 0.717) is 43.1 Å². The van der Waals surface area contributed by atoms with E-state index in [2.05, 4.69) is 34.6 Å². The molecule has 2 aliphatic heterocycles. The van der Waals surface area contributed by atoms with Gasteiger partial charge in [0.25, 0.3) is 5.56 Å². The van der Waals surface area contributed by atoms with Crippen LogP contribution in [0.2, 0.25) is 5.02 Å². The number of anilines is 1. The average molecular weight is 605 g/mol. The van der Waals surface area contributed by atoms with Crippen LogP contribution in [0.15, 0.2) is 34.6 Å². The minimum Gasteiger partial charge on any atom is -0.374 e. The maximum atomic E-state index is 13.8. The number of fused-ring (bicyclic) bond motifs is 1. The summed E-state index contributed by atoms with van der Waals surface area (Å²) in [5.74, 6) is 0.00735. The molecule has 1 fully saturated rings. The van der Waals surface area contributed by atoms with E-state index in [1.165, 1.54) is 4.52 Å². The zero-order valence-corrected chi connectivity index (χ0v) is 24.5. The van der Waals surface area contributed by atoms with E-state index in [1.54, 1.807) is 4.57 Å². The minimum atomic E-state index is -4.57. The van der Waals surface area contributed by atoms with Crippen molar-refractivity contribution in [3.63, 3.8) is 0 Å². The van der Waals surface area contributed by atoms with Crippen molar-refractivity contribution in [1.82, 2.24) is 24.5 Å². The maximum absolute atomic E-state index is 13.8. The summed E-state index contributed by atoms with van der Waals surface area (Å²) in [4.78, 5) is 31.8. The second kappa shape index (κ2) is 11.3. The molecule has 0 bridgehead atoms. The molecule has 1 amide bonds. The Bertz CT molecular complexity index is 1670. The van der Waals surface area contributed by atoms with Crippen LogP contribution >= 0.6 is 11.6 Å². The standard InChI is InChI=1S/C29H32ClF3N6O3/c1-5-23-20(11-17-13-28(3,4)34-14-17)26(41)39-27(36-25(37-39)18-8-9-42-16(2)10-18)38(23)15-24(40)35-22-7-6-19(12-21(22)30)29(31,32)33/h6-7,10-12,16,34H,5,8-9,13-15H2,1-4H3,(H,35,40)/b17-11+. The van der Waals surface area contributed by atoms with Gasteiger partial charge in [-0.25, -0.2) is 0 Å². The Morgan fingerprint density at radius 3 is 2.71 bits per heavy atom. The first-order valence-electron chi connectivity index (χ1n) is 13.7. The normalized spacial score (nSPS) is 19.9. The predicted molar refractivity (Wildman–Crippen MR) is 154 cm³/mol. The maximum Gasteiger partial charge on any atom is 0.416 e. The second-order valence-electron chi connectivity index (χ2n) is 11.2. The number of aromatic nitrogens is 4. The van der Waals surface area contributed by atoms with Gasteiger partial charge >= 0.3 is 6.18 Å². The van der Waals surface area contributed by atoms with Gasteiger partial charge in [0.1, 0.15) is 6.54 Å². The molecule has 0 aliphatic carbocycles. The monoisotopic (exact) mass is 604 g/mol. The molecular formula is C29H32ClF3N6O3. The number of nitrogens with one attached hydrogen (secondary N) is 2. The van der Waals surface area contributed by atoms with Gasteiger partial charge in [-0.1, -0.05) is 24.1 Å². The highest BCUT2D eigenvalue weighted by Crippen LogP contribution is 2.34. The lowest BCUT2D eigenvalue weighted by Crippen LogP contribution is -2.31. The van der Waals surface area contributed by atoms with Crippen molar-refractivity contribution in [3.05, 3.63) is 67.9 Å². The number of carbonyl (C=O) groups excluding carboxylic acids is 1. The number of benzene rings is 1. The largest absolute Gasteiger partial charge is 0.416 e. The number of rotatable bonds is 6. The molecule has 0 radical (unpaired) electrons. The number of amides is 1. The molecule has 0 saturated carbocycles. The summed E-state index contributed by atoms with van der Waals surface area (Å²) in [6.07, 6.45) is 0.786. The third-order valence-corrected chi connectivity index (χ3v) is 7.70. The Morgan fingerprint density at radius 2 is 2.10 bits per heavy atom. The average Bonchev–Trinajstić information content (AvgIpc) is 3.51. The van der Waals surface area contributed by atoms with Gasteiger partial charge in [0.2, 0.25) is 11.7 Å². The van der Waals surface area contributed by atoms with Crippen molar-refractivity contribution in [2.75, 3.05) is 18.5 Å². The molecule has 2 aliphatic rings. The van der Waals surface area contributed by atoms with Gasteiger partial charge in [-0.05, 0) is 76.0 Å². The molecule has 1 atom stereocenters. The Morgan fingerprint density at radius 1 is 1.33 bits per heavy atom. The topological polar surface area (TPSA) is 103 Å². The molecular weight excluding hydrogens is 573 g/mol. The summed E-state index contributed by atoms with van der Waals surface area (Å²) in [6, 6.07) is 2.73. The molecule has 0 spiro atoms. The molecule has 1 unspecified atom stereocenters. The molecule has 1 saturated heterocycles. The number of alkyl halides is 3. The van der Waals surface area contributed by atoms with Crippen molar-refractivity contribution >= 4 is 40.6 Å². The van der Waals surface area contributed by atoms with Crippen LogP contribution in [0.3, 0.4) is 0 Å². The summed E-state index contributed by atoms with van der Waals surface area (Å²) >= 11 is 6.08. The Balaban J connectivity index is 1.59. The second-order valence-corrected chi connectivity index (χ2v) is 11.6.